The van der Waals surface area contributed by atoms with E-state index in [2.05, 4.69) is 4.72 Å². The molecule has 2 rings (SSSR count). The zero-order valence-corrected chi connectivity index (χ0v) is 14.9. The van der Waals surface area contributed by atoms with Crippen LogP contribution in [0.4, 0.5) is 0 Å². The van der Waals surface area contributed by atoms with E-state index in [4.69, 9.17) is 14.2 Å². The van der Waals surface area contributed by atoms with E-state index < -0.39 is 16.1 Å². The lowest BCUT2D eigenvalue weighted by atomic mass is 10.1. The van der Waals surface area contributed by atoms with Gasteiger partial charge in [-0.3, -0.25) is 0 Å². The fourth-order valence-corrected chi connectivity index (χ4v) is 3.48. The number of methoxy groups -OCH3 is 3. The van der Waals surface area contributed by atoms with Crippen LogP contribution in [0.2, 0.25) is 0 Å². The predicted molar refractivity (Wildman–Crippen MR) is 91.3 cm³/mol. The Balaban J connectivity index is 2.22. The first kappa shape index (κ1) is 18.1. The molecule has 2 aromatic carbocycles. The van der Waals surface area contributed by atoms with Gasteiger partial charge in [-0.05, 0) is 48.9 Å². The van der Waals surface area contributed by atoms with Crippen LogP contribution in [0.15, 0.2) is 47.4 Å². The summed E-state index contributed by atoms with van der Waals surface area (Å²) in [6.07, 6.45) is 0. The minimum atomic E-state index is -3.65. The number of benzene rings is 2. The van der Waals surface area contributed by atoms with Gasteiger partial charge in [-0.1, -0.05) is 6.07 Å². The van der Waals surface area contributed by atoms with Crippen molar-refractivity contribution < 1.29 is 22.6 Å². The van der Waals surface area contributed by atoms with Crippen LogP contribution >= 0.6 is 0 Å². The van der Waals surface area contributed by atoms with Gasteiger partial charge in [0.05, 0.1) is 26.2 Å². The summed E-state index contributed by atoms with van der Waals surface area (Å²) in [6, 6.07) is 11.1. The molecule has 0 saturated carbocycles. The largest absolute Gasteiger partial charge is 0.497 e. The maximum atomic E-state index is 12.5. The zero-order chi connectivity index (χ0) is 17.7. The van der Waals surface area contributed by atoms with Gasteiger partial charge in [0.2, 0.25) is 10.0 Å². The Hall–Kier alpha value is -2.25. The molecular formula is C17H21NO5S. The monoisotopic (exact) mass is 351 g/mol. The molecule has 0 aliphatic carbocycles. The number of nitrogens with one attached hydrogen (secondary N) is 1. The average molecular weight is 351 g/mol. The Labute approximate surface area is 142 Å². The van der Waals surface area contributed by atoms with E-state index in [0.29, 0.717) is 17.2 Å². The fraction of sp³-hybridized carbons (Fsp3) is 0.294. The van der Waals surface area contributed by atoms with E-state index in [1.54, 1.807) is 44.4 Å². The summed E-state index contributed by atoms with van der Waals surface area (Å²) in [5, 5.41) is 0. The predicted octanol–water partition coefficient (Wildman–Crippen LogP) is 2.75. The van der Waals surface area contributed by atoms with Crippen molar-refractivity contribution >= 4 is 10.0 Å². The lowest BCUT2D eigenvalue weighted by Gasteiger charge is -2.17. The van der Waals surface area contributed by atoms with E-state index in [9.17, 15) is 8.42 Å². The molecule has 24 heavy (non-hydrogen) atoms. The third-order valence-electron chi connectivity index (χ3n) is 3.61. The van der Waals surface area contributed by atoms with Crippen molar-refractivity contribution in [1.82, 2.24) is 4.72 Å². The first-order chi connectivity index (χ1) is 11.4. The van der Waals surface area contributed by atoms with Crippen LogP contribution in [0.3, 0.4) is 0 Å². The highest BCUT2D eigenvalue weighted by molar-refractivity contribution is 7.89. The van der Waals surface area contributed by atoms with Gasteiger partial charge >= 0.3 is 0 Å². The second-order valence-corrected chi connectivity index (χ2v) is 6.85. The van der Waals surface area contributed by atoms with Crippen LogP contribution in [-0.2, 0) is 10.0 Å². The maximum Gasteiger partial charge on any atom is 0.241 e. The summed E-state index contributed by atoms with van der Waals surface area (Å²) in [7, 11) is 0.968. The Morgan fingerprint density at radius 3 is 2.04 bits per heavy atom. The van der Waals surface area contributed by atoms with Gasteiger partial charge in [-0.15, -0.1) is 0 Å². The number of sulfonamides is 1. The second kappa shape index (κ2) is 7.55. The van der Waals surface area contributed by atoms with Gasteiger partial charge in [0.25, 0.3) is 0 Å². The highest BCUT2D eigenvalue weighted by Crippen LogP contribution is 2.30. The minimum absolute atomic E-state index is 0.177. The van der Waals surface area contributed by atoms with Gasteiger partial charge in [-0.2, -0.15) is 0 Å². The van der Waals surface area contributed by atoms with Crippen LogP contribution in [0, 0.1) is 0 Å². The van der Waals surface area contributed by atoms with Crippen molar-refractivity contribution in [3.63, 3.8) is 0 Å². The molecule has 0 radical (unpaired) electrons. The van der Waals surface area contributed by atoms with Gasteiger partial charge in [0.1, 0.15) is 5.75 Å². The SMILES string of the molecule is COc1ccc(S(=O)(=O)N[C@@H](C)c2ccc(OC)c(OC)c2)cc1. The third kappa shape index (κ3) is 3.98. The molecule has 0 unspecified atom stereocenters. The molecular weight excluding hydrogens is 330 g/mol. The van der Waals surface area contributed by atoms with E-state index >= 15 is 0 Å². The molecule has 6 nitrogen and oxygen atoms in total. The third-order valence-corrected chi connectivity index (χ3v) is 5.17. The number of hydrogen-bond donors (Lipinski definition) is 1. The molecule has 2 aromatic rings. The molecule has 0 saturated heterocycles. The van der Waals surface area contributed by atoms with Gasteiger partial charge in [-0.25, -0.2) is 13.1 Å². The van der Waals surface area contributed by atoms with Crippen molar-refractivity contribution in [2.45, 2.75) is 17.9 Å². The Kier molecular flexibility index (Phi) is 5.69. The molecule has 0 spiro atoms. The van der Waals surface area contributed by atoms with Crippen LogP contribution in [-0.4, -0.2) is 29.7 Å². The van der Waals surface area contributed by atoms with Crippen LogP contribution < -0.4 is 18.9 Å². The van der Waals surface area contributed by atoms with Crippen molar-refractivity contribution in [2.75, 3.05) is 21.3 Å². The lowest BCUT2D eigenvalue weighted by Crippen LogP contribution is -2.26. The Morgan fingerprint density at radius 1 is 0.875 bits per heavy atom. The van der Waals surface area contributed by atoms with Crippen molar-refractivity contribution in [3.8, 4) is 17.2 Å². The van der Waals surface area contributed by atoms with Crippen molar-refractivity contribution in [2.24, 2.45) is 0 Å². The van der Waals surface area contributed by atoms with E-state index in [0.717, 1.165) is 5.56 Å². The normalized spacial score (nSPS) is 12.5. The summed E-state index contributed by atoms with van der Waals surface area (Å²) in [6.45, 7) is 1.77. The van der Waals surface area contributed by atoms with Gasteiger partial charge in [0.15, 0.2) is 11.5 Å². The summed E-state index contributed by atoms with van der Waals surface area (Å²) >= 11 is 0. The minimum Gasteiger partial charge on any atom is -0.497 e. The van der Waals surface area contributed by atoms with Crippen molar-refractivity contribution in [1.29, 1.82) is 0 Å². The number of hydrogen-bond acceptors (Lipinski definition) is 5. The number of rotatable bonds is 7. The highest BCUT2D eigenvalue weighted by Gasteiger charge is 2.19. The fourth-order valence-electron chi connectivity index (χ4n) is 2.25. The Bertz CT molecular complexity index is 787. The molecule has 0 aliphatic heterocycles. The van der Waals surface area contributed by atoms with E-state index in [1.807, 2.05) is 0 Å². The van der Waals surface area contributed by atoms with Crippen molar-refractivity contribution in [3.05, 3.63) is 48.0 Å². The number of ether oxygens (including phenoxy) is 3. The quantitative estimate of drug-likeness (QED) is 0.830. The highest BCUT2D eigenvalue weighted by atomic mass is 32.2. The molecule has 0 amide bonds. The first-order valence-electron chi connectivity index (χ1n) is 7.29. The van der Waals surface area contributed by atoms with Crippen LogP contribution in [0.5, 0.6) is 17.2 Å². The topological polar surface area (TPSA) is 73.9 Å². The Morgan fingerprint density at radius 2 is 1.50 bits per heavy atom. The molecule has 0 heterocycles. The molecule has 0 aliphatic rings. The standard InChI is InChI=1S/C17H21NO5S/c1-12(13-5-10-16(22-3)17(11-13)23-4)18-24(19,20)15-8-6-14(21-2)7-9-15/h5-12,18H,1-4H3/t12-/m0/s1. The average Bonchev–Trinajstić information content (AvgIpc) is 2.60. The molecule has 0 bridgehead atoms. The molecule has 1 N–H and O–H groups in total. The summed E-state index contributed by atoms with van der Waals surface area (Å²) in [5.74, 6) is 1.74. The molecule has 0 aromatic heterocycles. The van der Waals surface area contributed by atoms with E-state index in [-0.39, 0.29) is 4.90 Å². The zero-order valence-electron chi connectivity index (χ0n) is 14.1. The van der Waals surface area contributed by atoms with Crippen LogP contribution in [0.1, 0.15) is 18.5 Å². The molecule has 1 atom stereocenters. The van der Waals surface area contributed by atoms with Gasteiger partial charge < -0.3 is 14.2 Å². The van der Waals surface area contributed by atoms with Gasteiger partial charge in [0, 0.05) is 6.04 Å². The summed E-state index contributed by atoms with van der Waals surface area (Å²) in [4.78, 5) is 0.177. The van der Waals surface area contributed by atoms with Crippen LogP contribution in [0.25, 0.3) is 0 Å². The summed E-state index contributed by atoms with van der Waals surface area (Å²) < 4.78 is 43.1. The second-order valence-electron chi connectivity index (χ2n) is 5.13. The smallest absolute Gasteiger partial charge is 0.241 e. The maximum absolute atomic E-state index is 12.5. The molecule has 0 fully saturated rings. The molecule has 130 valence electrons. The lowest BCUT2D eigenvalue weighted by molar-refractivity contribution is 0.354. The molecule has 7 heteroatoms. The van der Waals surface area contributed by atoms with E-state index in [1.165, 1.54) is 26.4 Å². The first-order valence-corrected chi connectivity index (χ1v) is 8.78. The summed E-state index contributed by atoms with van der Waals surface area (Å²) in [5.41, 5.74) is 0.768.